The highest BCUT2D eigenvalue weighted by atomic mass is 32.3. The van der Waals surface area contributed by atoms with Crippen LogP contribution in [0.3, 0.4) is 0 Å². The SMILES string of the molecule is C1CO1.CCOCC.O=S(=O)(O)O. The van der Waals surface area contributed by atoms with Crippen molar-refractivity contribution >= 4 is 10.4 Å². The summed E-state index contributed by atoms with van der Waals surface area (Å²) in [5.41, 5.74) is 0. The molecule has 0 atom stereocenters. The van der Waals surface area contributed by atoms with Crippen LogP contribution in [0.25, 0.3) is 0 Å². The highest BCUT2D eigenvalue weighted by Crippen LogP contribution is 1.84. The van der Waals surface area contributed by atoms with Gasteiger partial charge in [-0.2, -0.15) is 8.42 Å². The van der Waals surface area contributed by atoms with Gasteiger partial charge in [-0.15, -0.1) is 0 Å². The van der Waals surface area contributed by atoms with E-state index in [-0.39, 0.29) is 0 Å². The van der Waals surface area contributed by atoms with Crippen molar-refractivity contribution in [1.29, 1.82) is 0 Å². The third kappa shape index (κ3) is 145. The molecule has 1 fully saturated rings. The lowest BCUT2D eigenvalue weighted by Crippen LogP contribution is -1.89. The first-order valence-electron chi connectivity index (χ1n) is 3.77. The zero-order chi connectivity index (χ0) is 10.7. The van der Waals surface area contributed by atoms with Crippen LogP contribution < -0.4 is 0 Å². The molecule has 13 heavy (non-hydrogen) atoms. The summed E-state index contributed by atoms with van der Waals surface area (Å²) < 4.78 is 40.9. The van der Waals surface area contributed by atoms with Crippen LogP contribution in [0, 0.1) is 0 Å². The summed E-state index contributed by atoms with van der Waals surface area (Å²) in [6.45, 7) is 7.67. The molecule has 0 aromatic rings. The standard InChI is InChI=1S/C4H10O.C2H4O.H2O4S/c1-3-5-4-2;1-2-3-1;1-5(2,3)4/h3-4H2,1-2H3;1-2H2;(H2,1,2,3,4). The van der Waals surface area contributed by atoms with Gasteiger partial charge in [-0.05, 0) is 13.8 Å². The Labute approximate surface area is 78.4 Å². The largest absolute Gasteiger partial charge is 0.394 e. The first-order chi connectivity index (χ1) is 5.91. The summed E-state index contributed by atoms with van der Waals surface area (Å²) >= 11 is 0. The van der Waals surface area contributed by atoms with E-state index in [1.54, 1.807) is 0 Å². The van der Waals surface area contributed by atoms with Crippen molar-refractivity contribution in [3.8, 4) is 0 Å². The Morgan fingerprint density at radius 3 is 1.46 bits per heavy atom. The van der Waals surface area contributed by atoms with Crippen molar-refractivity contribution in [2.75, 3.05) is 26.4 Å². The first kappa shape index (κ1) is 15.3. The molecule has 7 heteroatoms. The van der Waals surface area contributed by atoms with E-state index >= 15 is 0 Å². The van der Waals surface area contributed by atoms with Crippen LogP contribution in [-0.2, 0) is 19.9 Å². The minimum Gasteiger partial charge on any atom is -0.382 e. The van der Waals surface area contributed by atoms with Crippen molar-refractivity contribution in [3.63, 3.8) is 0 Å². The molecule has 0 aliphatic carbocycles. The van der Waals surface area contributed by atoms with Gasteiger partial charge in [0.1, 0.15) is 0 Å². The number of rotatable bonds is 2. The lowest BCUT2D eigenvalue weighted by molar-refractivity contribution is 0.162. The lowest BCUT2D eigenvalue weighted by atomic mass is 10.8. The molecule has 0 amide bonds. The smallest absolute Gasteiger partial charge is 0.382 e. The zero-order valence-electron chi connectivity index (χ0n) is 7.76. The molecule has 6 nitrogen and oxygen atoms in total. The van der Waals surface area contributed by atoms with E-state index in [0.29, 0.717) is 0 Å². The van der Waals surface area contributed by atoms with Crippen LogP contribution in [0.15, 0.2) is 0 Å². The van der Waals surface area contributed by atoms with Crippen molar-refractivity contribution in [2.45, 2.75) is 13.8 Å². The van der Waals surface area contributed by atoms with Crippen molar-refractivity contribution in [3.05, 3.63) is 0 Å². The first-order valence-corrected chi connectivity index (χ1v) is 5.16. The highest BCUT2D eigenvalue weighted by molar-refractivity contribution is 7.79. The molecule has 1 aliphatic heterocycles. The quantitative estimate of drug-likeness (QED) is 0.512. The van der Waals surface area contributed by atoms with E-state index in [4.69, 9.17) is 22.3 Å². The monoisotopic (exact) mass is 216 g/mol. The predicted octanol–water partition coefficient (Wildman–Crippen LogP) is 0.407. The van der Waals surface area contributed by atoms with E-state index in [1.807, 2.05) is 13.8 Å². The van der Waals surface area contributed by atoms with Crippen molar-refractivity contribution in [2.24, 2.45) is 0 Å². The topological polar surface area (TPSA) is 96.4 Å². The average Bonchev–Trinajstić information content (AvgIpc) is 2.68. The van der Waals surface area contributed by atoms with Gasteiger partial charge in [0.15, 0.2) is 0 Å². The van der Waals surface area contributed by atoms with Crippen molar-refractivity contribution in [1.82, 2.24) is 0 Å². The fourth-order valence-electron chi connectivity index (χ4n) is 0.204. The summed E-state index contributed by atoms with van der Waals surface area (Å²) in [7, 11) is -4.67. The van der Waals surface area contributed by atoms with Gasteiger partial charge in [-0.3, -0.25) is 9.11 Å². The van der Waals surface area contributed by atoms with Crippen LogP contribution in [-0.4, -0.2) is 44.0 Å². The maximum absolute atomic E-state index is 8.74. The van der Waals surface area contributed by atoms with Gasteiger partial charge in [0.05, 0.1) is 13.2 Å². The Kier molecular flexibility index (Phi) is 11.6. The summed E-state index contributed by atoms with van der Waals surface area (Å²) in [6, 6.07) is 0. The third-order valence-corrected chi connectivity index (χ3v) is 0.612. The molecule has 0 unspecified atom stereocenters. The molecule has 82 valence electrons. The van der Waals surface area contributed by atoms with Crippen LogP contribution in [0.5, 0.6) is 0 Å². The van der Waals surface area contributed by atoms with Crippen LogP contribution in [0.4, 0.5) is 0 Å². The molecule has 0 radical (unpaired) electrons. The number of ether oxygens (including phenoxy) is 2. The normalized spacial score (nSPS) is 13.2. The molecule has 0 saturated carbocycles. The minimum atomic E-state index is -4.67. The zero-order valence-corrected chi connectivity index (χ0v) is 8.58. The molecule has 0 aromatic heterocycles. The fraction of sp³-hybridized carbons (Fsp3) is 1.00. The Morgan fingerprint density at radius 1 is 1.23 bits per heavy atom. The summed E-state index contributed by atoms with van der Waals surface area (Å²) in [6.07, 6.45) is 0. The molecule has 0 spiro atoms. The van der Waals surface area contributed by atoms with E-state index in [0.717, 1.165) is 26.4 Å². The molecule has 1 aliphatic rings. The summed E-state index contributed by atoms with van der Waals surface area (Å²) in [5.74, 6) is 0. The molecular formula is C6H16O6S. The highest BCUT2D eigenvalue weighted by Gasteiger charge is 1.94. The lowest BCUT2D eigenvalue weighted by Gasteiger charge is -1.86. The Hall–Kier alpha value is -0.210. The van der Waals surface area contributed by atoms with Crippen LogP contribution in [0.1, 0.15) is 13.8 Å². The summed E-state index contributed by atoms with van der Waals surface area (Å²) in [5, 5.41) is 0. The van der Waals surface area contributed by atoms with E-state index in [2.05, 4.69) is 4.74 Å². The molecule has 1 heterocycles. The maximum atomic E-state index is 8.74. The number of hydrogen-bond donors (Lipinski definition) is 2. The Bertz CT molecular complexity index is 161. The van der Waals surface area contributed by atoms with E-state index in [9.17, 15) is 0 Å². The second-order valence-electron chi connectivity index (χ2n) is 1.84. The maximum Gasteiger partial charge on any atom is 0.394 e. The number of hydrogen-bond acceptors (Lipinski definition) is 4. The van der Waals surface area contributed by atoms with Crippen molar-refractivity contribution < 1.29 is 27.0 Å². The van der Waals surface area contributed by atoms with Crippen LogP contribution >= 0.6 is 0 Å². The average molecular weight is 216 g/mol. The number of epoxide rings is 1. The van der Waals surface area contributed by atoms with Gasteiger partial charge in [-0.1, -0.05) is 0 Å². The van der Waals surface area contributed by atoms with E-state index in [1.165, 1.54) is 0 Å². The molecule has 1 rings (SSSR count). The van der Waals surface area contributed by atoms with Gasteiger partial charge in [0.2, 0.25) is 0 Å². The Balaban J connectivity index is 0. The van der Waals surface area contributed by atoms with Gasteiger partial charge in [0, 0.05) is 13.2 Å². The second kappa shape index (κ2) is 9.87. The van der Waals surface area contributed by atoms with Gasteiger partial charge in [-0.25, -0.2) is 0 Å². The fourth-order valence-corrected chi connectivity index (χ4v) is 0.204. The van der Waals surface area contributed by atoms with E-state index < -0.39 is 10.4 Å². The van der Waals surface area contributed by atoms with Gasteiger partial charge in [0.25, 0.3) is 0 Å². The van der Waals surface area contributed by atoms with Crippen LogP contribution in [0.2, 0.25) is 0 Å². The molecule has 1 saturated heterocycles. The predicted molar refractivity (Wildman–Crippen MR) is 47.2 cm³/mol. The summed E-state index contributed by atoms with van der Waals surface area (Å²) in [4.78, 5) is 0. The minimum absolute atomic E-state index is 0.844. The molecular weight excluding hydrogens is 200 g/mol. The van der Waals surface area contributed by atoms with Gasteiger partial charge < -0.3 is 9.47 Å². The second-order valence-corrected chi connectivity index (χ2v) is 2.74. The molecule has 0 aromatic carbocycles. The molecule has 0 bridgehead atoms. The van der Waals surface area contributed by atoms with Gasteiger partial charge >= 0.3 is 10.4 Å². The Morgan fingerprint density at radius 2 is 1.46 bits per heavy atom. The third-order valence-electron chi connectivity index (χ3n) is 0.612. The molecule has 2 N–H and O–H groups in total.